The van der Waals surface area contributed by atoms with Crippen LogP contribution in [0.4, 0.5) is 0 Å². The number of ketones is 1. The molecule has 124 valence electrons. The molecule has 1 aromatic heterocycles. The standard InChI is InChI=1S/C23H21NO/c1-4-24-22-11-9-17(16(3)25)13-20(22)21-14-18(10-12-23(21)24)19-8-6-5-7-15(19)2/h5-14H,4H2,1-3H3. The lowest BCUT2D eigenvalue weighted by atomic mass is 9.98. The molecule has 2 heteroatoms. The quantitative estimate of drug-likeness (QED) is 0.423. The Morgan fingerprint density at radius 3 is 2.28 bits per heavy atom. The molecule has 0 unspecified atom stereocenters. The smallest absolute Gasteiger partial charge is 0.159 e. The van der Waals surface area contributed by atoms with Gasteiger partial charge in [0, 0.05) is 33.9 Å². The fourth-order valence-electron chi connectivity index (χ4n) is 3.73. The van der Waals surface area contributed by atoms with E-state index in [0.717, 1.165) is 17.5 Å². The number of nitrogens with zero attached hydrogens (tertiary/aromatic N) is 1. The van der Waals surface area contributed by atoms with Crippen LogP contribution >= 0.6 is 0 Å². The van der Waals surface area contributed by atoms with E-state index >= 15 is 0 Å². The fourth-order valence-corrected chi connectivity index (χ4v) is 3.73. The van der Waals surface area contributed by atoms with Crippen LogP contribution in [0.2, 0.25) is 0 Å². The molecule has 0 fully saturated rings. The van der Waals surface area contributed by atoms with Crippen molar-refractivity contribution in [1.82, 2.24) is 4.57 Å². The van der Waals surface area contributed by atoms with Gasteiger partial charge in [-0.2, -0.15) is 0 Å². The maximum absolute atomic E-state index is 11.8. The fraction of sp³-hybridized carbons (Fsp3) is 0.174. The summed E-state index contributed by atoms with van der Waals surface area (Å²) in [6.45, 7) is 6.83. The summed E-state index contributed by atoms with van der Waals surface area (Å²) in [5, 5.41) is 2.36. The van der Waals surface area contributed by atoms with Crippen LogP contribution in [0.5, 0.6) is 0 Å². The van der Waals surface area contributed by atoms with Crippen molar-refractivity contribution in [2.24, 2.45) is 0 Å². The lowest BCUT2D eigenvalue weighted by Gasteiger charge is -2.07. The van der Waals surface area contributed by atoms with Gasteiger partial charge >= 0.3 is 0 Å². The first-order valence-electron chi connectivity index (χ1n) is 8.73. The van der Waals surface area contributed by atoms with Crippen LogP contribution in [-0.4, -0.2) is 10.4 Å². The molecular formula is C23H21NO. The van der Waals surface area contributed by atoms with E-state index in [-0.39, 0.29) is 5.78 Å². The third kappa shape index (κ3) is 2.45. The first kappa shape index (κ1) is 15.6. The maximum Gasteiger partial charge on any atom is 0.159 e. The first-order chi connectivity index (χ1) is 12.1. The van der Waals surface area contributed by atoms with Crippen LogP contribution in [0, 0.1) is 6.92 Å². The van der Waals surface area contributed by atoms with Gasteiger partial charge in [0.05, 0.1) is 0 Å². The van der Waals surface area contributed by atoms with Crippen molar-refractivity contribution < 1.29 is 4.79 Å². The minimum absolute atomic E-state index is 0.106. The number of hydrogen-bond donors (Lipinski definition) is 0. The minimum Gasteiger partial charge on any atom is -0.341 e. The third-order valence-electron chi connectivity index (χ3n) is 5.04. The summed E-state index contributed by atoms with van der Waals surface area (Å²) in [6.07, 6.45) is 0. The first-order valence-corrected chi connectivity index (χ1v) is 8.73. The Labute approximate surface area is 147 Å². The second-order valence-corrected chi connectivity index (χ2v) is 6.58. The highest BCUT2D eigenvalue weighted by Crippen LogP contribution is 2.34. The molecule has 4 aromatic rings. The van der Waals surface area contributed by atoms with E-state index in [2.05, 4.69) is 66.9 Å². The number of rotatable bonds is 3. The molecule has 0 N–H and O–H groups in total. The molecular weight excluding hydrogens is 306 g/mol. The third-order valence-corrected chi connectivity index (χ3v) is 5.04. The van der Waals surface area contributed by atoms with Crippen molar-refractivity contribution in [2.45, 2.75) is 27.3 Å². The molecule has 0 spiro atoms. The average molecular weight is 327 g/mol. The number of aromatic nitrogens is 1. The minimum atomic E-state index is 0.106. The number of Topliss-reactive ketones (excluding diaryl/α,β-unsaturated/α-hetero) is 1. The highest BCUT2D eigenvalue weighted by atomic mass is 16.1. The Balaban J connectivity index is 2.06. The molecule has 0 aliphatic heterocycles. The number of carbonyl (C=O) groups excluding carboxylic acids is 1. The summed E-state index contributed by atoms with van der Waals surface area (Å²) < 4.78 is 2.32. The van der Waals surface area contributed by atoms with Gasteiger partial charge in [-0.1, -0.05) is 30.3 Å². The predicted octanol–water partition coefficient (Wildman–Crippen LogP) is 5.99. The van der Waals surface area contributed by atoms with Crippen molar-refractivity contribution in [1.29, 1.82) is 0 Å². The molecule has 1 heterocycles. The van der Waals surface area contributed by atoms with Crippen molar-refractivity contribution >= 4 is 27.6 Å². The van der Waals surface area contributed by atoms with E-state index in [1.165, 1.54) is 33.1 Å². The van der Waals surface area contributed by atoms with Crippen LogP contribution in [-0.2, 0) is 6.54 Å². The number of hydrogen-bond acceptors (Lipinski definition) is 1. The Kier molecular flexibility index (Phi) is 3.69. The lowest BCUT2D eigenvalue weighted by molar-refractivity contribution is 0.101. The molecule has 0 aliphatic carbocycles. The van der Waals surface area contributed by atoms with Gasteiger partial charge < -0.3 is 4.57 Å². The zero-order valence-electron chi connectivity index (χ0n) is 14.8. The summed E-state index contributed by atoms with van der Waals surface area (Å²) in [5.41, 5.74) is 6.91. The van der Waals surface area contributed by atoms with E-state index in [0.29, 0.717) is 0 Å². The summed E-state index contributed by atoms with van der Waals surface area (Å²) in [4.78, 5) is 11.8. The van der Waals surface area contributed by atoms with Gasteiger partial charge in [0.15, 0.2) is 5.78 Å². The summed E-state index contributed by atoms with van der Waals surface area (Å²) in [7, 11) is 0. The molecule has 0 bridgehead atoms. The van der Waals surface area contributed by atoms with Gasteiger partial charge in [-0.15, -0.1) is 0 Å². The van der Waals surface area contributed by atoms with Crippen LogP contribution in [0.25, 0.3) is 32.9 Å². The summed E-state index contributed by atoms with van der Waals surface area (Å²) >= 11 is 0. The molecule has 2 nitrogen and oxygen atoms in total. The van der Waals surface area contributed by atoms with E-state index < -0.39 is 0 Å². The van der Waals surface area contributed by atoms with Gasteiger partial charge in [-0.05, 0) is 67.8 Å². The summed E-state index contributed by atoms with van der Waals surface area (Å²) in [6, 6.07) is 21.1. The number of benzene rings is 3. The normalized spacial score (nSPS) is 11.3. The Bertz CT molecular complexity index is 1120. The zero-order chi connectivity index (χ0) is 17.6. The molecule has 0 radical (unpaired) electrons. The molecule has 0 saturated carbocycles. The molecule has 0 atom stereocenters. The van der Waals surface area contributed by atoms with Gasteiger partial charge in [0.1, 0.15) is 0 Å². The highest BCUT2D eigenvalue weighted by Gasteiger charge is 2.13. The molecule has 0 aliphatic rings. The lowest BCUT2D eigenvalue weighted by Crippen LogP contribution is -1.94. The molecule has 3 aromatic carbocycles. The Morgan fingerprint density at radius 2 is 1.60 bits per heavy atom. The van der Waals surface area contributed by atoms with Crippen molar-refractivity contribution in [3.8, 4) is 11.1 Å². The second-order valence-electron chi connectivity index (χ2n) is 6.58. The van der Waals surface area contributed by atoms with E-state index in [1.807, 2.05) is 12.1 Å². The molecule has 25 heavy (non-hydrogen) atoms. The predicted molar refractivity (Wildman–Crippen MR) is 105 cm³/mol. The maximum atomic E-state index is 11.8. The Hall–Kier alpha value is -2.87. The zero-order valence-corrected chi connectivity index (χ0v) is 14.8. The number of fused-ring (bicyclic) bond motifs is 3. The second kappa shape index (κ2) is 5.89. The average Bonchev–Trinajstić information content (AvgIpc) is 2.94. The number of aryl methyl sites for hydroxylation is 2. The van der Waals surface area contributed by atoms with E-state index in [1.54, 1.807) is 6.92 Å². The largest absolute Gasteiger partial charge is 0.341 e. The van der Waals surface area contributed by atoms with Gasteiger partial charge in [0.25, 0.3) is 0 Å². The Morgan fingerprint density at radius 1 is 0.920 bits per heavy atom. The van der Waals surface area contributed by atoms with Gasteiger partial charge in [-0.3, -0.25) is 4.79 Å². The molecule has 0 saturated heterocycles. The van der Waals surface area contributed by atoms with E-state index in [4.69, 9.17) is 0 Å². The molecule has 4 rings (SSSR count). The van der Waals surface area contributed by atoms with Gasteiger partial charge in [0.2, 0.25) is 0 Å². The molecule has 0 amide bonds. The van der Waals surface area contributed by atoms with E-state index in [9.17, 15) is 4.79 Å². The monoisotopic (exact) mass is 327 g/mol. The van der Waals surface area contributed by atoms with Crippen molar-refractivity contribution in [3.63, 3.8) is 0 Å². The van der Waals surface area contributed by atoms with Gasteiger partial charge in [-0.25, -0.2) is 0 Å². The van der Waals surface area contributed by atoms with Crippen molar-refractivity contribution in [2.75, 3.05) is 0 Å². The number of carbonyl (C=O) groups is 1. The van der Waals surface area contributed by atoms with Crippen LogP contribution in [0.1, 0.15) is 29.8 Å². The van der Waals surface area contributed by atoms with Crippen LogP contribution < -0.4 is 0 Å². The van der Waals surface area contributed by atoms with Crippen LogP contribution in [0.15, 0.2) is 60.7 Å². The van der Waals surface area contributed by atoms with Crippen molar-refractivity contribution in [3.05, 3.63) is 71.8 Å². The summed E-state index contributed by atoms with van der Waals surface area (Å²) in [5.74, 6) is 0.106. The topological polar surface area (TPSA) is 22.0 Å². The van der Waals surface area contributed by atoms with Crippen LogP contribution in [0.3, 0.4) is 0 Å². The highest BCUT2D eigenvalue weighted by molar-refractivity contribution is 6.11. The SMILES string of the molecule is CCn1c2ccc(C(C)=O)cc2c2cc(-c3ccccc3C)ccc21.